The van der Waals surface area contributed by atoms with Gasteiger partial charge in [-0.05, 0) is 37.6 Å². The first-order valence-electron chi connectivity index (χ1n) is 6.43. The van der Waals surface area contributed by atoms with E-state index in [0.29, 0.717) is 0 Å². The number of hydrogen-bond acceptors (Lipinski definition) is 3. The molecular formula is C14H22N2O. The molecule has 0 spiro atoms. The lowest BCUT2D eigenvalue weighted by Gasteiger charge is -2.21. The second kappa shape index (κ2) is 5.92. The maximum atomic E-state index is 5.42. The van der Waals surface area contributed by atoms with Crippen molar-refractivity contribution in [2.24, 2.45) is 5.92 Å². The minimum Gasteiger partial charge on any atom is -0.495 e. The van der Waals surface area contributed by atoms with Crippen LogP contribution in [0, 0.1) is 5.92 Å². The Balaban J connectivity index is 1.99. The van der Waals surface area contributed by atoms with Crippen LogP contribution in [-0.2, 0) is 0 Å². The smallest absolute Gasteiger partial charge is 0.142 e. The van der Waals surface area contributed by atoms with Gasteiger partial charge in [-0.25, -0.2) is 0 Å². The van der Waals surface area contributed by atoms with Crippen LogP contribution < -0.4 is 15.0 Å². The topological polar surface area (TPSA) is 24.5 Å². The van der Waals surface area contributed by atoms with E-state index in [1.54, 1.807) is 7.11 Å². The fourth-order valence-electron chi connectivity index (χ4n) is 2.46. The summed E-state index contributed by atoms with van der Waals surface area (Å²) in [5.41, 5.74) is 1.23. The molecule has 1 atom stereocenters. The average molecular weight is 234 g/mol. The van der Waals surface area contributed by atoms with Gasteiger partial charge >= 0.3 is 0 Å². The Labute approximate surface area is 104 Å². The summed E-state index contributed by atoms with van der Waals surface area (Å²) >= 11 is 0. The first-order chi connectivity index (χ1) is 8.35. The molecule has 1 aliphatic heterocycles. The molecule has 94 valence electrons. The largest absolute Gasteiger partial charge is 0.495 e. The molecule has 1 aromatic carbocycles. The van der Waals surface area contributed by atoms with E-state index in [1.165, 1.54) is 12.1 Å². The monoisotopic (exact) mass is 234 g/mol. The quantitative estimate of drug-likeness (QED) is 0.844. The molecule has 2 rings (SSSR count). The predicted molar refractivity (Wildman–Crippen MR) is 71.9 cm³/mol. The molecule has 3 nitrogen and oxygen atoms in total. The highest BCUT2D eigenvalue weighted by Crippen LogP contribution is 2.31. The predicted octanol–water partition coefficient (Wildman–Crippen LogP) is 2.13. The van der Waals surface area contributed by atoms with Crippen LogP contribution in [0.15, 0.2) is 24.3 Å². The van der Waals surface area contributed by atoms with Crippen LogP contribution in [0.4, 0.5) is 5.69 Å². The Kier molecular flexibility index (Phi) is 4.26. The Hall–Kier alpha value is -1.22. The van der Waals surface area contributed by atoms with Crippen molar-refractivity contribution < 1.29 is 4.74 Å². The minimum atomic E-state index is 0.764. The normalized spacial score (nSPS) is 19.6. The van der Waals surface area contributed by atoms with Gasteiger partial charge in [0.15, 0.2) is 0 Å². The summed E-state index contributed by atoms with van der Waals surface area (Å²) in [4.78, 5) is 2.43. The number of ether oxygens (including phenoxy) is 1. The molecule has 0 bridgehead atoms. The third-order valence-electron chi connectivity index (χ3n) is 3.39. The molecule has 1 fully saturated rings. The van der Waals surface area contributed by atoms with Crippen LogP contribution in [0.5, 0.6) is 5.75 Å². The van der Waals surface area contributed by atoms with Crippen molar-refractivity contribution in [2.45, 2.75) is 13.3 Å². The van der Waals surface area contributed by atoms with Crippen LogP contribution in [0.25, 0.3) is 0 Å². The molecule has 1 unspecified atom stereocenters. The molecule has 0 aliphatic carbocycles. The summed E-state index contributed by atoms with van der Waals surface area (Å²) in [7, 11) is 1.74. The highest BCUT2D eigenvalue weighted by Gasteiger charge is 2.23. The number of rotatable bonds is 5. The van der Waals surface area contributed by atoms with Gasteiger partial charge < -0.3 is 15.0 Å². The SMILES string of the molecule is CCNCC1CCN(c2ccccc2OC)C1. The molecular weight excluding hydrogens is 212 g/mol. The summed E-state index contributed by atoms with van der Waals surface area (Å²) in [5.74, 6) is 1.75. The zero-order valence-electron chi connectivity index (χ0n) is 10.8. The number of benzene rings is 1. The van der Waals surface area contributed by atoms with Crippen molar-refractivity contribution in [3.63, 3.8) is 0 Å². The third kappa shape index (κ3) is 2.91. The van der Waals surface area contributed by atoms with Gasteiger partial charge in [-0.15, -0.1) is 0 Å². The van der Waals surface area contributed by atoms with E-state index >= 15 is 0 Å². The van der Waals surface area contributed by atoms with Gasteiger partial charge in [0.25, 0.3) is 0 Å². The van der Waals surface area contributed by atoms with Gasteiger partial charge in [0, 0.05) is 13.1 Å². The van der Waals surface area contributed by atoms with Crippen molar-refractivity contribution >= 4 is 5.69 Å². The molecule has 1 aliphatic rings. The fourth-order valence-corrected chi connectivity index (χ4v) is 2.46. The first kappa shape index (κ1) is 12.2. The van der Waals surface area contributed by atoms with Crippen LogP contribution in [0.1, 0.15) is 13.3 Å². The Morgan fingerprint density at radius 2 is 2.24 bits per heavy atom. The number of methoxy groups -OCH3 is 1. The zero-order valence-corrected chi connectivity index (χ0v) is 10.8. The zero-order chi connectivity index (χ0) is 12.1. The molecule has 0 radical (unpaired) electrons. The van der Waals surface area contributed by atoms with Crippen molar-refractivity contribution in [1.82, 2.24) is 5.32 Å². The first-order valence-corrected chi connectivity index (χ1v) is 6.43. The third-order valence-corrected chi connectivity index (χ3v) is 3.39. The number of nitrogens with one attached hydrogen (secondary N) is 1. The number of nitrogens with zero attached hydrogens (tertiary/aromatic N) is 1. The van der Waals surface area contributed by atoms with Crippen molar-refractivity contribution in [1.29, 1.82) is 0 Å². The Morgan fingerprint density at radius 1 is 1.41 bits per heavy atom. The molecule has 0 amide bonds. The average Bonchev–Trinajstić information content (AvgIpc) is 2.85. The molecule has 0 saturated carbocycles. The van der Waals surface area contributed by atoms with Crippen LogP contribution >= 0.6 is 0 Å². The lowest BCUT2D eigenvalue weighted by Crippen LogP contribution is -2.26. The van der Waals surface area contributed by atoms with E-state index in [2.05, 4.69) is 29.3 Å². The molecule has 1 heterocycles. The van der Waals surface area contributed by atoms with Gasteiger partial charge in [0.1, 0.15) is 5.75 Å². The lowest BCUT2D eigenvalue weighted by molar-refractivity contribution is 0.414. The van der Waals surface area contributed by atoms with Gasteiger partial charge in [-0.3, -0.25) is 0 Å². The number of anilines is 1. The summed E-state index contributed by atoms with van der Waals surface area (Å²) in [5, 5.41) is 3.43. The van der Waals surface area contributed by atoms with Crippen molar-refractivity contribution in [2.75, 3.05) is 38.2 Å². The van der Waals surface area contributed by atoms with Gasteiger partial charge in [0.2, 0.25) is 0 Å². The van der Waals surface area contributed by atoms with Gasteiger partial charge in [0.05, 0.1) is 12.8 Å². The van der Waals surface area contributed by atoms with Gasteiger partial charge in [-0.1, -0.05) is 19.1 Å². The van der Waals surface area contributed by atoms with Crippen LogP contribution in [0.3, 0.4) is 0 Å². The van der Waals surface area contributed by atoms with E-state index in [0.717, 1.165) is 37.8 Å². The highest BCUT2D eigenvalue weighted by molar-refractivity contribution is 5.58. The van der Waals surface area contributed by atoms with Crippen LogP contribution in [0.2, 0.25) is 0 Å². The second-order valence-corrected chi connectivity index (χ2v) is 4.58. The van der Waals surface area contributed by atoms with E-state index in [9.17, 15) is 0 Å². The summed E-state index contributed by atoms with van der Waals surface area (Å²) in [6.07, 6.45) is 1.27. The highest BCUT2D eigenvalue weighted by atomic mass is 16.5. The molecule has 1 saturated heterocycles. The standard InChI is InChI=1S/C14H22N2O/c1-3-15-10-12-8-9-16(11-12)13-6-4-5-7-14(13)17-2/h4-7,12,15H,3,8-11H2,1-2H3. The minimum absolute atomic E-state index is 0.764. The molecule has 0 aromatic heterocycles. The van der Waals surface area contributed by atoms with E-state index in [1.807, 2.05) is 12.1 Å². The molecule has 17 heavy (non-hydrogen) atoms. The summed E-state index contributed by atoms with van der Waals surface area (Å²) in [6, 6.07) is 8.28. The Bertz CT molecular complexity index is 354. The Morgan fingerprint density at radius 3 is 3.00 bits per heavy atom. The maximum absolute atomic E-state index is 5.42. The molecule has 3 heteroatoms. The van der Waals surface area contributed by atoms with E-state index in [4.69, 9.17) is 4.74 Å². The van der Waals surface area contributed by atoms with Crippen molar-refractivity contribution in [3.05, 3.63) is 24.3 Å². The molecule has 1 aromatic rings. The maximum Gasteiger partial charge on any atom is 0.142 e. The number of para-hydroxylation sites is 2. The van der Waals surface area contributed by atoms with Crippen molar-refractivity contribution in [3.8, 4) is 5.75 Å². The molecule has 1 N–H and O–H groups in total. The van der Waals surface area contributed by atoms with Crippen LogP contribution in [-0.4, -0.2) is 33.3 Å². The van der Waals surface area contributed by atoms with Gasteiger partial charge in [-0.2, -0.15) is 0 Å². The van der Waals surface area contributed by atoms with E-state index < -0.39 is 0 Å². The fraction of sp³-hybridized carbons (Fsp3) is 0.571. The number of hydrogen-bond donors (Lipinski definition) is 1. The summed E-state index contributed by atoms with van der Waals surface area (Å²) < 4.78 is 5.42. The second-order valence-electron chi connectivity index (χ2n) is 4.58. The van der Waals surface area contributed by atoms with E-state index in [-0.39, 0.29) is 0 Å². The summed E-state index contributed by atoms with van der Waals surface area (Å²) in [6.45, 7) is 6.62. The lowest BCUT2D eigenvalue weighted by atomic mass is 10.1.